The van der Waals surface area contributed by atoms with Gasteiger partial charge in [-0.3, -0.25) is 4.79 Å². The highest BCUT2D eigenvalue weighted by Gasteiger charge is 2.09. The SMILES string of the molecule is Cc1ccc(C)c(Nc2ncc(C(=O)Nc3ccc(C)c(C)c3)cn2)c1. The Morgan fingerprint density at radius 3 is 2.23 bits per heavy atom. The van der Waals surface area contributed by atoms with Gasteiger partial charge < -0.3 is 10.6 Å². The van der Waals surface area contributed by atoms with Crippen LogP contribution in [0.2, 0.25) is 0 Å². The van der Waals surface area contributed by atoms with Crippen LogP contribution in [0.15, 0.2) is 48.8 Å². The lowest BCUT2D eigenvalue weighted by atomic mass is 10.1. The number of anilines is 3. The molecule has 0 radical (unpaired) electrons. The van der Waals surface area contributed by atoms with Crippen molar-refractivity contribution < 1.29 is 4.79 Å². The molecule has 1 aromatic heterocycles. The third-order valence-corrected chi connectivity index (χ3v) is 4.32. The Hall–Kier alpha value is -3.21. The van der Waals surface area contributed by atoms with Gasteiger partial charge in [0.15, 0.2) is 0 Å². The Labute approximate surface area is 153 Å². The number of aryl methyl sites for hydroxylation is 4. The van der Waals surface area contributed by atoms with E-state index in [-0.39, 0.29) is 5.91 Å². The van der Waals surface area contributed by atoms with Gasteiger partial charge in [0.25, 0.3) is 5.91 Å². The number of carbonyl (C=O) groups excluding carboxylic acids is 1. The fraction of sp³-hybridized carbons (Fsp3) is 0.190. The maximum absolute atomic E-state index is 12.4. The number of nitrogens with zero attached hydrogens (tertiary/aromatic N) is 2. The molecule has 0 aliphatic rings. The summed E-state index contributed by atoms with van der Waals surface area (Å²) >= 11 is 0. The summed E-state index contributed by atoms with van der Waals surface area (Å²) in [5, 5.41) is 6.06. The molecule has 5 heteroatoms. The standard InChI is InChI=1S/C21H22N4O/c1-13-5-6-15(3)19(9-13)25-21-22-11-17(12-23-21)20(26)24-18-8-7-14(2)16(4)10-18/h5-12H,1-4H3,(H,24,26)(H,22,23,25). The van der Waals surface area contributed by atoms with Crippen molar-refractivity contribution in [1.82, 2.24) is 9.97 Å². The molecule has 5 nitrogen and oxygen atoms in total. The van der Waals surface area contributed by atoms with E-state index in [0.717, 1.165) is 28.1 Å². The quantitative estimate of drug-likeness (QED) is 0.718. The van der Waals surface area contributed by atoms with E-state index in [1.165, 1.54) is 18.0 Å². The van der Waals surface area contributed by atoms with Gasteiger partial charge in [-0.2, -0.15) is 0 Å². The number of nitrogens with one attached hydrogen (secondary N) is 2. The summed E-state index contributed by atoms with van der Waals surface area (Å²) in [6.45, 7) is 8.11. The molecule has 0 unspecified atom stereocenters. The molecule has 132 valence electrons. The van der Waals surface area contributed by atoms with Gasteiger partial charge >= 0.3 is 0 Å². The Kier molecular flexibility index (Phi) is 4.98. The first-order chi connectivity index (χ1) is 12.4. The van der Waals surface area contributed by atoms with Crippen LogP contribution in [-0.2, 0) is 0 Å². The van der Waals surface area contributed by atoms with Crippen LogP contribution >= 0.6 is 0 Å². The molecule has 0 aliphatic carbocycles. The predicted molar refractivity (Wildman–Crippen MR) is 105 cm³/mol. The largest absolute Gasteiger partial charge is 0.324 e. The van der Waals surface area contributed by atoms with Gasteiger partial charge in [-0.15, -0.1) is 0 Å². The Bertz CT molecular complexity index is 949. The average molecular weight is 346 g/mol. The van der Waals surface area contributed by atoms with Crippen molar-refractivity contribution >= 4 is 23.2 Å². The predicted octanol–water partition coefficient (Wildman–Crippen LogP) is 4.71. The number of aromatic nitrogens is 2. The zero-order valence-electron chi connectivity index (χ0n) is 15.4. The van der Waals surface area contributed by atoms with Gasteiger partial charge in [0.2, 0.25) is 5.95 Å². The molecular formula is C21H22N4O. The summed E-state index contributed by atoms with van der Waals surface area (Å²) in [7, 11) is 0. The number of carbonyl (C=O) groups is 1. The van der Waals surface area contributed by atoms with Crippen LogP contribution in [0.1, 0.15) is 32.6 Å². The van der Waals surface area contributed by atoms with Gasteiger partial charge in [0.05, 0.1) is 5.56 Å². The van der Waals surface area contributed by atoms with E-state index in [1.54, 1.807) is 0 Å². The van der Waals surface area contributed by atoms with Crippen molar-refractivity contribution in [3.8, 4) is 0 Å². The molecule has 0 saturated heterocycles. The third kappa shape index (κ3) is 4.06. The highest BCUT2D eigenvalue weighted by Crippen LogP contribution is 2.20. The Morgan fingerprint density at radius 1 is 0.846 bits per heavy atom. The minimum Gasteiger partial charge on any atom is -0.324 e. The monoisotopic (exact) mass is 346 g/mol. The van der Waals surface area contributed by atoms with Crippen molar-refractivity contribution in [2.75, 3.05) is 10.6 Å². The molecule has 3 rings (SSSR count). The van der Waals surface area contributed by atoms with E-state index in [9.17, 15) is 4.79 Å². The highest BCUT2D eigenvalue weighted by molar-refractivity contribution is 6.03. The number of hydrogen-bond donors (Lipinski definition) is 2. The molecule has 0 saturated carbocycles. The maximum Gasteiger partial charge on any atom is 0.258 e. The number of amides is 1. The summed E-state index contributed by atoms with van der Waals surface area (Å²) in [6, 6.07) is 12.0. The van der Waals surface area contributed by atoms with Gasteiger partial charge in [-0.1, -0.05) is 18.2 Å². The van der Waals surface area contributed by atoms with E-state index >= 15 is 0 Å². The summed E-state index contributed by atoms with van der Waals surface area (Å²) in [6.07, 6.45) is 3.05. The molecule has 1 amide bonds. The van der Waals surface area contributed by atoms with E-state index < -0.39 is 0 Å². The Balaban J connectivity index is 1.71. The van der Waals surface area contributed by atoms with Crippen molar-refractivity contribution in [3.05, 3.63) is 76.6 Å². The summed E-state index contributed by atoms with van der Waals surface area (Å²) < 4.78 is 0. The molecule has 2 aromatic carbocycles. The highest BCUT2D eigenvalue weighted by atomic mass is 16.1. The molecule has 0 bridgehead atoms. The van der Waals surface area contributed by atoms with E-state index in [4.69, 9.17) is 0 Å². The minimum absolute atomic E-state index is 0.230. The lowest BCUT2D eigenvalue weighted by Gasteiger charge is -2.10. The number of hydrogen-bond acceptors (Lipinski definition) is 4. The summed E-state index contributed by atoms with van der Waals surface area (Å²) in [5.74, 6) is 0.230. The zero-order valence-corrected chi connectivity index (χ0v) is 15.4. The molecule has 1 heterocycles. The average Bonchev–Trinajstić information content (AvgIpc) is 2.62. The summed E-state index contributed by atoms with van der Waals surface area (Å²) in [4.78, 5) is 20.9. The fourth-order valence-corrected chi connectivity index (χ4v) is 2.52. The summed E-state index contributed by atoms with van der Waals surface area (Å²) in [5.41, 5.74) is 6.71. The Morgan fingerprint density at radius 2 is 1.54 bits per heavy atom. The fourth-order valence-electron chi connectivity index (χ4n) is 2.52. The minimum atomic E-state index is -0.230. The van der Waals surface area contributed by atoms with Gasteiger partial charge in [0, 0.05) is 23.8 Å². The molecular weight excluding hydrogens is 324 g/mol. The van der Waals surface area contributed by atoms with Gasteiger partial charge in [0.1, 0.15) is 0 Å². The lowest BCUT2D eigenvalue weighted by molar-refractivity contribution is 0.102. The number of rotatable bonds is 4. The number of benzene rings is 2. The lowest BCUT2D eigenvalue weighted by Crippen LogP contribution is -2.13. The smallest absolute Gasteiger partial charge is 0.258 e. The first kappa shape index (κ1) is 17.6. The van der Waals surface area contributed by atoms with E-state index in [1.807, 2.05) is 58.0 Å². The molecule has 0 atom stereocenters. The van der Waals surface area contributed by atoms with E-state index in [2.05, 4.69) is 26.7 Å². The van der Waals surface area contributed by atoms with Crippen LogP contribution in [0, 0.1) is 27.7 Å². The topological polar surface area (TPSA) is 66.9 Å². The second-order valence-electron chi connectivity index (χ2n) is 6.49. The first-order valence-electron chi connectivity index (χ1n) is 8.47. The zero-order chi connectivity index (χ0) is 18.7. The van der Waals surface area contributed by atoms with Gasteiger partial charge in [-0.25, -0.2) is 9.97 Å². The second-order valence-corrected chi connectivity index (χ2v) is 6.49. The molecule has 2 N–H and O–H groups in total. The third-order valence-electron chi connectivity index (χ3n) is 4.32. The van der Waals surface area contributed by atoms with Crippen LogP contribution in [0.3, 0.4) is 0 Å². The van der Waals surface area contributed by atoms with Crippen LogP contribution in [0.5, 0.6) is 0 Å². The molecule has 3 aromatic rings. The van der Waals surface area contributed by atoms with Crippen molar-refractivity contribution in [2.45, 2.75) is 27.7 Å². The molecule has 26 heavy (non-hydrogen) atoms. The normalized spacial score (nSPS) is 10.5. The molecule has 0 spiro atoms. The van der Waals surface area contributed by atoms with Crippen LogP contribution < -0.4 is 10.6 Å². The molecule has 0 fully saturated rings. The van der Waals surface area contributed by atoms with Crippen LogP contribution in [0.25, 0.3) is 0 Å². The maximum atomic E-state index is 12.4. The van der Waals surface area contributed by atoms with Crippen molar-refractivity contribution in [1.29, 1.82) is 0 Å². The van der Waals surface area contributed by atoms with E-state index in [0.29, 0.717) is 11.5 Å². The van der Waals surface area contributed by atoms with Crippen molar-refractivity contribution in [2.24, 2.45) is 0 Å². The van der Waals surface area contributed by atoms with Crippen molar-refractivity contribution in [3.63, 3.8) is 0 Å². The van der Waals surface area contributed by atoms with Crippen LogP contribution in [0.4, 0.5) is 17.3 Å². The second kappa shape index (κ2) is 7.35. The first-order valence-corrected chi connectivity index (χ1v) is 8.47. The van der Waals surface area contributed by atoms with Crippen LogP contribution in [-0.4, -0.2) is 15.9 Å². The van der Waals surface area contributed by atoms with Gasteiger partial charge in [-0.05, 0) is 68.1 Å². The molecule has 0 aliphatic heterocycles.